The van der Waals surface area contributed by atoms with Crippen molar-refractivity contribution < 1.29 is 9.72 Å². The number of hydrogen-bond acceptors (Lipinski definition) is 5. The predicted octanol–water partition coefficient (Wildman–Crippen LogP) is 4.22. The zero-order valence-electron chi connectivity index (χ0n) is 14.6. The summed E-state index contributed by atoms with van der Waals surface area (Å²) in [5.41, 5.74) is 3.49. The molecule has 1 amide bonds. The van der Waals surface area contributed by atoms with E-state index in [1.54, 1.807) is 17.0 Å². The van der Waals surface area contributed by atoms with Crippen LogP contribution in [0.25, 0.3) is 11.8 Å². The van der Waals surface area contributed by atoms with Gasteiger partial charge < -0.3 is 4.57 Å². The van der Waals surface area contributed by atoms with Crippen molar-refractivity contribution in [3.63, 3.8) is 0 Å². The number of likely N-dealkylation sites (N-methyl/N-ethyl adjacent to an activating group) is 1. The SMILES string of the molecule is CCN1C(=O)/C(=C/c2cc(C)n(-c3cccc([N+](=O)[O-])c3)c2C)SC1=S. The second kappa shape index (κ2) is 7.05. The van der Waals surface area contributed by atoms with Crippen molar-refractivity contribution in [1.82, 2.24) is 9.47 Å². The smallest absolute Gasteiger partial charge is 0.271 e. The summed E-state index contributed by atoms with van der Waals surface area (Å²) in [5, 5.41) is 11.0. The van der Waals surface area contributed by atoms with Crippen LogP contribution in [0.4, 0.5) is 5.69 Å². The summed E-state index contributed by atoms with van der Waals surface area (Å²) in [6.45, 7) is 6.30. The highest BCUT2D eigenvalue weighted by Crippen LogP contribution is 2.34. The first-order chi connectivity index (χ1) is 12.3. The van der Waals surface area contributed by atoms with E-state index in [1.807, 2.05) is 43.5 Å². The second-order valence-electron chi connectivity index (χ2n) is 5.86. The summed E-state index contributed by atoms with van der Waals surface area (Å²) < 4.78 is 2.51. The van der Waals surface area contributed by atoms with E-state index in [4.69, 9.17) is 12.2 Å². The number of amides is 1. The van der Waals surface area contributed by atoms with E-state index in [2.05, 4.69) is 0 Å². The maximum atomic E-state index is 12.4. The molecule has 0 bridgehead atoms. The summed E-state index contributed by atoms with van der Waals surface area (Å²) in [6, 6.07) is 8.47. The molecule has 1 aromatic carbocycles. The van der Waals surface area contributed by atoms with Crippen LogP contribution in [0.5, 0.6) is 0 Å². The number of non-ortho nitro benzene ring substituents is 1. The lowest BCUT2D eigenvalue weighted by Gasteiger charge is -2.10. The first kappa shape index (κ1) is 18.3. The molecule has 0 radical (unpaired) electrons. The van der Waals surface area contributed by atoms with Crippen molar-refractivity contribution in [2.24, 2.45) is 0 Å². The Morgan fingerprint density at radius 2 is 2.04 bits per heavy atom. The Morgan fingerprint density at radius 3 is 2.65 bits per heavy atom. The first-order valence-corrected chi connectivity index (χ1v) is 9.25. The third-order valence-corrected chi connectivity index (χ3v) is 5.62. The fourth-order valence-electron chi connectivity index (χ4n) is 2.99. The number of thiocarbonyl (C=S) groups is 1. The molecule has 1 aliphatic heterocycles. The van der Waals surface area contributed by atoms with E-state index in [1.165, 1.54) is 17.8 Å². The molecule has 6 nitrogen and oxygen atoms in total. The predicted molar refractivity (Wildman–Crippen MR) is 107 cm³/mol. The standard InChI is InChI=1S/C18H17N3O3S2/c1-4-19-17(22)16(26-18(19)25)9-13-8-11(2)20(12(13)3)14-6-5-7-15(10-14)21(23)24/h5-10H,4H2,1-3H3/b16-9-. The molecule has 1 aliphatic rings. The maximum absolute atomic E-state index is 12.4. The monoisotopic (exact) mass is 387 g/mol. The van der Waals surface area contributed by atoms with Gasteiger partial charge in [-0.1, -0.05) is 30.0 Å². The number of carbonyl (C=O) groups is 1. The molecule has 8 heteroatoms. The Balaban J connectivity index is 2.03. The molecule has 0 saturated carbocycles. The van der Waals surface area contributed by atoms with Crippen LogP contribution in [-0.4, -0.2) is 31.2 Å². The van der Waals surface area contributed by atoms with Crippen molar-refractivity contribution in [2.45, 2.75) is 20.8 Å². The van der Waals surface area contributed by atoms with E-state index in [9.17, 15) is 14.9 Å². The van der Waals surface area contributed by atoms with Crippen LogP contribution in [0.1, 0.15) is 23.9 Å². The molecule has 1 saturated heterocycles. The Bertz CT molecular complexity index is 963. The topological polar surface area (TPSA) is 68.4 Å². The first-order valence-electron chi connectivity index (χ1n) is 8.02. The minimum Gasteiger partial charge on any atom is -0.318 e. The van der Waals surface area contributed by atoms with Gasteiger partial charge in [0, 0.05) is 30.1 Å². The Labute approximate surface area is 160 Å². The third-order valence-electron chi connectivity index (χ3n) is 4.25. The van der Waals surface area contributed by atoms with Crippen molar-refractivity contribution in [2.75, 3.05) is 6.54 Å². The van der Waals surface area contributed by atoms with E-state index in [-0.39, 0.29) is 11.6 Å². The normalized spacial score (nSPS) is 16.0. The lowest BCUT2D eigenvalue weighted by Crippen LogP contribution is -2.27. The van der Waals surface area contributed by atoms with Crippen LogP contribution in [-0.2, 0) is 4.79 Å². The van der Waals surface area contributed by atoms with Crippen LogP contribution < -0.4 is 0 Å². The number of thioether (sulfide) groups is 1. The summed E-state index contributed by atoms with van der Waals surface area (Å²) in [4.78, 5) is 25.2. The molecule has 3 rings (SSSR count). The van der Waals surface area contributed by atoms with Gasteiger partial charge in [-0.2, -0.15) is 0 Å². The number of benzene rings is 1. The van der Waals surface area contributed by atoms with Gasteiger partial charge >= 0.3 is 0 Å². The van der Waals surface area contributed by atoms with Gasteiger partial charge in [-0.3, -0.25) is 19.8 Å². The molecule has 26 heavy (non-hydrogen) atoms. The van der Waals surface area contributed by atoms with Gasteiger partial charge in [0.25, 0.3) is 11.6 Å². The Hall–Kier alpha value is -2.45. The zero-order valence-corrected chi connectivity index (χ0v) is 16.2. The molecule has 0 N–H and O–H groups in total. The van der Waals surface area contributed by atoms with Crippen molar-refractivity contribution in [3.8, 4) is 5.69 Å². The highest BCUT2D eigenvalue weighted by Gasteiger charge is 2.31. The van der Waals surface area contributed by atoms with E-state index >= 15 is 0 Å². The molecule has 0 spiro atoms. The summed E-state index contributed by atoms with van der Waals surface area (Å²) in [6.07, 6.45) is 1.84. The minimum atomic E-state index is -0.408. The van der Waals surface area contributed by atoms with Gasteiger partial charge in [0.15, 0.2) is 0 Å². The van der Waals surface area contributed by atoms with Gasteiger partial charge in [0.2, 0.25) is 0 Å². The molecule has 2 aromatic rings. The van der Waals surface area contributed by atoms with E-state index in [0.717, 1.165) is 22.6 Å². The number of nitrogens with zero attached hydrogens (tertiary/aromatic N) is 3. The van der Waals surface area contributed by atoms with E-state index in [0.29, 0.717) is 15.8 Å². The fourth-order valence-corrected chi connectivity index (χ4v) is 4.37. The number of rotatable bonds is 4. The van der Waals surface area contributed by atoms with Crippen molar-refractivity contribution in [3.05, 3.63) is 62.3 Å². The molecular weight excluding hydrogens is 370 g/mol. The van der Waals surface area contributed by atoms with Crippen LogP contribution in [0.3, 0.4) is 0 Å². The molecule has 1 aromatic heterocycles. The molecule has 2 heterocycles. The number of aryl methyl sites for hydroxylation is 1. The number of hydrogen-bond donors (Lipinski definition) is 0. The third kappa shape index (κ3) is 3.17. The average molecular weight is 387 g/mol. The lowest BCUT2D eigenvalue weighted by atomic mass is 10.2. The van der Waals surface area contributed by atoms with Crippen molar-refractivity contribution in [1.29, 1.82) is 0 Å². The molecule has 0 aliphatic carbocycles. The zero-order chi connectivity index (χ0) is 19.0. The highest BCUT2D eigenvalue weighted by molar-refractivity contribution is 8.26. The van der Waals surface area contributed by atoms with Crippen molar-refractivity contribution >= 4 is 46.0 Å². The van der Waals surface area contributed by atoms with Crippen LogP contribution >= 0.6 is 24.0 Å². The van der Waals surface area contributed by atoms with Gasteiger partial charge in [-0.15, -0.1) is 0 Å². The molecule has 0 atom stereocenters. The average Bonchev–Trinajstić information content (AvgIpc) is 3.03. The summed E-state index contributed by atoms with van der Waals surface area (Å²) in [7, 11) is 0. The maximum Gasteiger partial charge on any atom is 0.271 e. The van der Waals surface area contributed by atoms with Gasteiger partial charge in [-0.05, 0) is 44.5 Å². The number of nitro groups is 1. The van der Waals surface area contributed by atoms with Crippen LogP contribution in [0.15, 0.2) is 35.2 Å². The number of carbonyl (C=O) groups excluding carboxylic acids is 1. The summed E-state index contributed by atoms with van der Waals surface area (Å²) >= 11 is 6.54. The quantitative estimate of drug-likeness (QED) is 0.340. The van der Waals surface area contributed by atoms with Gasteiger partial charge in [0.05, 0.1) is 15.5 Å². The van der Waals surface area contributed by atoms with Gasteiger partial charge in [-0.25, -0.2) is 0 Å². The Morgan fingerprint density at radius 1 is 1.31 bits per heavy atom. The molecule has 0 unspecified atom stereocenters. The fraction of sp³-hybridized carbons (Fsp3) is 0.222. The number of nitro benzene ring substituents is 1. The lowest BCUT2D eigenvalue weighted by molar-refractivity contribution is -0.384. The van der Waals surface area contributed by atoms with Crippen LogP contribution in [0, 0.1) is 24.0 Å². The molecule has 1 fully saturated rings. The summed E-state index contributed by atoms with van der Waals surface area (Å²) in [5.74, 6) is -0.0809. The highest BCUT2D eigenvalue weighted by atomic mass is 32.2. The minimum absolute atomic E-state index is 0.0420. The van der Waals surface area contributed by atoms with Crippen LogP contribution in [0.2, 0.25) is 0 Å². The molecule has 134 valence electrons. The molecular formula is C18H17N3O3S2. The van der Waals surface area contributed by atoms with E-state index < -0.39 is 4.92 Å². The number of aromatic nitrogens is 1. The second-order valence-corrected chi connectivity index (χ2v) is 7.54. The van der Waals surface area contributed by atoms with Gasteiger partial charge in [0.1, 0.15) is 4.32 Å². The largest absolute Gasteiger partial charge is 0.318 e. The Kier molecular flexibility index (Phi) is 4.97.